The number of aryl methyl sites for hydroxylation is 1. The van der Waals surface area contributed by atoms with Crippen LogP contribution in [0.4, 0.5) is 0 Å². The van der Waals surface area contributed by atoms with E-state index >= 15 is 0 Å². The predicted molar refractivity (Wildman–Crippen MR) is 94.9 cm³/mol. The summed E-state index contributed by atoms with van der Waals surface area (Å²) < 4.78 is 2.42. The van der Waals surface area contributed by atoms with Crippen molar-refractivity contribution in [2.45, 2.75) is 57.6 Å². The smallest absolute Gasteiger partial charge is 0.0845 e. The number of β-amino-alcohol motifs (C(OH)–C–C–N with tert-alkyl or cyclic N) is 1. The number of rotatable bonds is 4. The molecule has 0 amide bonds. The molecular formula is C20H28N2O. The zero-order valence-electron chi connectivity index (χ0n) is 14.0. The maximum absolute atomic E-state index is 10.7. The summed E-state index contributed by atoms with van der Waals surface area (Å²) in [6.07, 6.45) is 8.61. The molecule has 1 aliphatic carbocycles. The summed E-state index contributed by atoms with van der Waals surface area (Å²) in [4.78, 5) is 2.44. The van der Waals surface area contributed by atoms with Crippen LogP contribution in [-0.2, 0) is 19.4 Å². The third kappa shape index (κ3) is 3.05. The van der Waals surface area contributed by atoms with Crippen LogP contribution >= 0.6 is 0 Å². The third-order valence-electron chi connectivity index (χ3n) is 5.60. The largest absolute Gasteiger partial charge is 0.390 e. The summed E-state index contributed by atoms with van der Waals surface area (Å²) >= 11 is 0. The molecule has 3 nitrogen and oxygen atoms in total. The molecule has 4 rings (SSSR count). The molecule has 1 N–H and O–H groups in total. The molecular weight excluding hydrogens is 284 g/mol. The second-order valence-corrected chi connectivity index (χ2v) is 7.28. The SMILES string of the molecule is O[C@@H](CN1CCCCC1)Cn1c2c(c3ccccc31)CCCC2. The first-order valence-electron chi connectivity index (χ1n) is 9.32. The number of fused-ring (bicyclic) bond motifs is 3. The zero-order chi connectivity index (χ0) is 15.6. The number of hydrogen-bond donors (Lipinski definition) is 1. The highest BCUT2D eigenvalue weighted by atomic mass is 16.3. The van der Waals surface area contributed by atoms with Crippen LogP contribution in [0.5, 0.6) is 0 Å². The van der Waals surface area contributed by atoms with Gasteiger partial charge >= 0.3 is 0 Å². The molecule has 1 fully saturated rings. The Hall–Kier alpha value is -1.32. The number of aliphatic hydroxyl groups is 1. The van der Waals surface area contributed by atoms with Gasteiger partial charge < -0.3 is 14.6 Å². The number of aromatic nitrogens is 1. The van der Waals surface area contributed by atoms with Crippen molar-refractivity contribution in [3.63, 3.8) is 0 Å². The van der Waals surface area contributed by atoms with Crippen molar-refractivity contribution in [2.24, 2.45) is 0 Å². The first-order chi connectivity index (χ1) is 11.3. The maximum Gasteiger partial charge on any atom is 0.0845 e. The molecule has 2 heterocycles. The molecule has 0 spiro atoms. The fourth-order valence-electron chi connectivity index (χ4n) is 4.50. The van der Waals surface area contributed by atoms with Crippen molar-refractivity contribution in [2.75, 3.05) is 19.6 Å². The molecule has 1 aromatic carbocycles. The van der Waals surface area contributed by atoms with Crippen molar-refractivity contribution in [1.82, 2.24) is 9.47 Å². The topological polar surface area (TPSA) is 28.4 Å². The van der Waals surface area contributed by atoms with E-state index in [2.05, 4.69) is 33.7 Å². The number of likely N-dealkylation sites (tertiary alicyclic amines) is 1. The quantitative estimate of drug-likeness (QED) is 0.937. The van der Waals surface area contributed by atoms with E-state index in [-0.39, 0.29) is 6.10 Å². The normalized spacial score (nSPS) is 20.6. The molecule has 1 aliphatic heterocycles. The minimum atomic E-state index is -0.269. The van der Waals surface area contributed by atoms with E-state index < -0.39 is 0 Å². The zero-order valence-corrected chi connectivity index (χ0v) is 14.0. The molecule has 2 aliphatic rings. The van der Waals surface area contributed by atoms with Crippen LogP contribution < -0.4 is 0 Å². The molecule has 0 saturated carbocycles. The highest BCUT2D eigenvalue weighted by Gasteiger charge is 2.22. The maximum atomic E-state index is 10.7. The van der Waals surface area contributed by atoms with E-state index in [4.69, 9.17) is 0 Å². The van der Waals surface area contributed by atoms with Gasteiger partial charge in [0.2, 0.25) is 0 Å². The fourth-order valence-corrected chi connectivity index (χ4v) is 4.50. The molecule has 0 bridgehead atoms. The lowest BCUT2D eigenvalue weighted by atomic mass is 9.95. The van der Waals surface area contributed by atoms with Crippen LogP contribution in [0, 0.1) is 0 Å². The summed E-state index contributed by atoms with van der Waals surface area (Å²) in [5, 5.41) is 12.1. The molecule has 23 heavy (non-hydrogen) atoms. The van der Waals surface area contributed by atoms with Gasteiger partial charge in [0.15, 0.2) is 0 Å². The van der Waals surface area contributed by atoms with Crippen LogP contribution in [0.2, 0.25) is 0 Å². The van der Waals surface area contributed by atoms with Gasteiger partial charge in [-0.3, -0.25) is 0 Å². The van der Waals surface area contributed by atoms with Crippen LogP contribution in [0.3, 0.4) is 0 Å². The van der Waals surface area contributed by atoms with Crippen molar-refractivity contribution >= 4 is 10.9 Å². The number of hydrogen-bond acceptors (Lipinski definition) is 2. The fraction of sp³-hybridized carbons (Fsp3) is 0.600. The van der Waals surface area contributed by atoms with Crippen LogP contribution in [0.25, 0.3) is 10.9 Å². The van der Waals surface area contributed by atoms with Gasteiger partial charge in [0, 0.05) is 23.1 Å². The molecule has 1 aromatic heterocycles. The Kier molecular flexibility index (Phi) is 4.41. The second kappa shape index (κ2) is 6.66. The predicted octanol–water partition coefficient (Wildman–Crippen LogP) is 3.37. The molecule has 0 radical (unpaired) electrons. The van der Waals surface area contributed by atoms with Crippen molar-refractivity contribution < 1.29 is 5.11 Å². The highest BCUT2D eigenvalue weighted by Crippen LogP contribution is 2.32. The third-order valence-corrected chi connectivity index (χ3v) is 5.60. The van der Waals surface area contributed by atoms with Gasteiger partial charge in [0.05, 0.1) is 12.6 Å². The lowest BCUT2D eigenvalue weighted by Gasteiger charge is -2.29. The van der Waals surface area contributed by atoms with E-state index in [0.29, 0.717) is 0 Å². The minimum absolute atomic E-state index is 0.269. The van der Waals surface area contributed by atoms with Gasteiger partial charge in [-0.05, 0) is 63.2 Å². The van der Waals surface area contributed by atoms with E-state index in [1.807, 2.05) is 0 Å². The Morgan fingerprint density at radius 1 is 0.913 bits per heavy atom. The molecule has 1 atom stereocenters. The summed E-state index contributed by atoms with van der Waals surface area (Å²) in [5.41, 5.74) is 4.34. The molecule has 2 aromatic rings. The summed E-state index contributed by atoms with van der Waals surface area (Å²) in [6.45, 7) is 3.87. The van der Waals surface area contributed by atoms with E-state index in [0.717, 1.165) is 26.2 Å². The Bertz CT molecular complexity index is 670. The number of para-hydroxylation sites is 1. The number of aliphatic hydroxyl groups excluding tert-OH is 1. The van der Waals surface area contributed by atoms with E-state index in [9.17, 15) is 5.11 Å². The monoisotopic (exact) mass is 312 g/mol. The number of nitrogens with zero attached hydrogens (tertiary/aromatic N) is 2. The molecule has 1 saturated heterocycles. The van der Waals surface area contributed by atoms with Gasteiger partial charge in [0.25, 0.3) is 0 Å². The van der Waals surface area contributed by atoms with E-state index in [1.54, 1.807) is 0 Å². The molecule has 3 heteroatoms. The number of piperidine rings is 1. The van der Waals surface area contributed by atoms with Crippen molar-refractivity contribution in [3.05, 3.63) is 35.5 Å². The van der Waals surface area contributed by atoms with Gasteiger partial charge in [-0.15, -0.1) is 0 Å². The first kappa shape index (κ1) is 15.2. The van der Waals surface area contributed by atoms with Crippen LogP contribution in [-0.4, -0.2) is 40.3 Å². The second-order valence-electron chi connectivity index (χ2n) is 7.28. The minimum Gasteiger partial charge on any atom is -0.390 e. The molecule has 0 unspecified atom stereocenters. The van der Waals surface area contributed by atoms with Crippen molar-refractivity contribution in [1.29, 1.82) is 0 Å². The van der Waals surface area contributed by atoms with Crippen molar-refractivity contribution in [3.8, 4) is 0 Å². The Morgan fingerprint density at radius 2 is 1.70 bits per heavy atom. The van der Waals surface area contributed by atoms with Crippen LogP contribution in [0.15, 0.2) is 24.3 Å². The standard InChI is InChI=1S/C20H28N2O/c23-16(14-21-12-6-1-7-13-21)15-22-19-10-4-2-8-17(19)18-9-3-5-11-20(18)22/h2,4,8,10,16,23H,1,3,5-7,9,11-15H2/t16-/m0/s1. The summed E-state index contributed by atoms with van der Waals surface area (Å²) in [7, 11) is 0. The lowest BCUT2D eigenvalue weighted by molar-refractivity contribution is 0.0886. The van der Waals surface area contributed by atoms with Crippen LogP contribution in [0.1, 0.15) is 43.4 Å². The highest BCUT2D eigenvalue weighted by molar-refractivity contribution is 5.85. The van der Waals surface area contributed by atoms with Gasteiger partial charge in [-0.1, -0.05) is 24.6 Å². The van der Waals surface area contributed by atoms with E-state index in [1.165, 1.54) is 67.1 Å². The Labute approximate surface area is 138 Å². The van der Waals surface area contributed by atoms with Gasteiger partial charge in [-0.2, -0.15) is 0 Å². The Balaban J connectivity index is 1.58. The average molecular weight is 312 g/mol. The average Bonchev–Trinajstić information content (AvgIpc) is 2.90. The summed E-state index contributed by atoms with van der Waals surface area (Å²) in [6, 6.07) is 8.75. The first-order valence-corrected chi connectivity index (χ1v) is 9.32. The molecule has 124 valence electrons. The van der Waals surface area contributed by atoms with Gasteiger partial charge in [-0.25, -0.2) is 0 Å². The Morgan fingerprint density at radius 3 is 2.57 bits per heavy atom. The lowest BCUT2D eigenvalue weighted by Crippen LogP contribution is -2.38. The number of benzene rings is 1. The summed E-state index contributed by atoms with van der Waals surface area (Å²) in [5.74, 6) is 0. The van der Waals surface area contributed by atoms with Gasteiger partial charge in [0.1, 0.15) is 0 Å².